The van der Waals surface area contributed by atoms with Crippen LogP contribution in [0.15, 0.2) is 12.4 Å². The smallest absolute Gasteiger partial charge is 0.165 e. The van der Waals surface area contributed by atoms with Crippen LogP contribution in [0.4, 0.5) is 5.82 Å². The highest BCUT2D eigenvalue weighted by molar-refractivity contribution is 6.33. The molecule has 4 rings (SSSR count). The second-order valence-electron chi connectivity index (χ2n) is 6.13. The number of nitrogens with one attached hydrogen (secondary N) is 2. The molecular formula is C15H20ClN7. The number of halogens is 1. The number of hydrogen-bond acceptors (Lipinski definition) is 6. The number of piperidine rings is 1. The van der Waals surface area contributed by atoms with Gasteiger partial charge in [-0.1, -0.05) is 11.6 Å². The van der Waals surface area contributed by atoms with Crippen molar-refractivity contribution in [2.24, 2.45) is 0 Å². The fourth-order valence-electron chi connectivity index (χ4n) is 3.30. The zero-order chi connectivity index (χ0) is 16.0. The van der Waals surface area contributed by atoms with Crippen molar-refractivity contribution in [3.05, 3.63) is 28.7 Å². The van der Waals surface area contributed by atoms with Gasteiger partial charge in [0.2, 0.25) is 0 Å². The minimum absolute atomic E-state index is 0.296. The van der Waals surface area contributed by atoms with Crippen LogP contribution in [-0.2, 0) is 0 Å². The van der Waals surface area contributed by atoms with Crippen molar-refractivity contribution < 1.29 is 0 Å². The Kier molecular flexibility index (Phi) is 3.63. The first-order valence-corrected chi connectivity index (χ1v) is 8.23. The van der Waals surface area contributed by atoms with E-state index in [0.717, 1.165) is 55.0 Å². The molecule has 4 N–H and O–H groups in total. The predicted molar refractivity (Wildman–Crippen MR) is 91.0 cm³/mol. The number of hydrazine groups is 1. The van der Waals surface area contributed by atoms with Crippen LogP contribution in [0.25, 0.3) is 11.2 Å². The number of anilines is 1. The third kappa shape index (κ3) is 2.45. The first-order chi connectivity index (χ1) is 11.1. The quantitative estimate of drug-likeness (QED) is 0.766. The van der Waals surface area contributed by atoms with E-state index in [1.165, 1.54) is 0 Å². The molecule has 0 aromatic carbocycles. The number of aromatic nitrogens is 3. The van der Waals surface area contributed by atoms with Crippen molar-refractivity contribution in [1.29, 1.82) is 0 Å². The van der Waals surface area contributed by atoms with Gasteiger partial charge >= 0.3 is 0 Å². The third-order valence-corrected chi connectivity index (χ3v) is 4.93. The lowest BCUT2D eigenvalue weighted by Gasteiger charge is -2.23. The largest absolute Gasteiger partial charge is 0.382 e. The molecule has 122 valence electrons. The van der Waals surface area contributed by atoms with Gasteiger partial charge in [0.1, 0.15) is 10.8 Å². The van der Waals surface area contributed by atoms with E-state index in [0.29, 0.717) is 16.8 Å². The average molecular weight is 334 g/mol. The number of nitrogens with zero attached hydrogens (tertiary/aromatic N) is 4. The molecule has 0 saturated carbocycles. The Balaban J connectivity index is 1.85. The van der Waals surface area contributed by atoms with Gasteiger partial charge in [0, 0.05) is 37.8 Å². The van der Waals surface area contributed by atoms with E-state index in [1.807, 2.05) is 24.5 Å². The summed E-state index contributed by atoms with van der Waals surface area (Å²) in [5.41, 5.74) is 13.3. The van der Waals surface area contributed by atoms with Crippen molar-refractivity contribution in [3.8, 4) is 0 Å². The van der Waals surface area contributed by atoms with Gasteiger partial charge < -0.3 is 16.1 Å². The second kappa shape index (κ2) is 5.67. The molecule has 2 aromatic rings. The molecule has 0 amide bonds. The van der Waals surface area contributed by atoms with Crippen LogP contribution in [0.1, 0.15) is 30.0 Å². The maximum absolute atomic E-state index is 6.49. The monoisotopic (exact) mass is 333 g/mol. The lowest BCUT2D eigenvalue weighted by atomic mass is 9.95. The van der Waals surface area contributed by atoms with Gasteiger partial charge in [-0.05, 0) is 25.0 Å². The highest BCUT2D eigenvalue weighted by atomic mass is 35.5. The van der Waals surface area contributed by atoms with Crippen LogP contribution in [0.2, 0.25) is 5.02 Å². The number of rotatable bonds is 2. The Bertz CT molecular complexity index is 776. The fourth-order valence-corrected chi connectivity index (χ4v) is 3.57. The lowest BCUT2D eigenvalue weighted by molar-refractivity contribution is 0.374. The van der Waals surface area contributed by atoms with E-state index in [2.05, 4.69) is 15.8 Å². The molecule has 0 aliphatic carbocycles. The second-order valence-corrected chi connectivity index (χ2v) is 6.51. The van der Waals surface area contributed by atoms with Gasteiger partial charge in [0.25, 0.3) is 0 Å². The molecule has 7 nitrogen and oxygen atoms in total. The zero-order valence-corrected chi connectivity index (χ0v) is 13.8. The molecule has 23 heavy (non-hydrogen) atoms. The average Bonchev–Trinajstić information content (AvgIpc) is 3.17. The van der Waals surface area contributed by atoms with Crippen LogP contribution >= 0.6 is 11.6 Å². The molecule has 0 radical (unpaired) electrons. The van der Waals surface area contributed by atoms with Gasteiger partial charge in [-0.2, -0.15) is 9.61 Å². The molecule has 1 saturated heterocycles. The van der Waals surface area contributed by atoms with Crippen molar-refractivity contribution >= 4 is 28.6 Å². The van der Waals surface area contributed by atoms with E-state index in [9.17, 15) is 0 Å². The Hall–Kier alpha value is -1.83. The van der Waals surface area contributed by atoms with Gasteiger partial charge in [0.05, 0.1) is 11.9 Å². The van der Waals surface area contributed by atoms with E-state index in [-0.39, 0.29) is 0 Å². The molecule has 0 bridgehead atoms. The minimum atomic E-state index is 0.296. The molecule has 1 unspecified atom stereocenters. The summed E-state index contributed by atoms with van der Waals surface area (Å²) >= 11 is 6.49. The molecule has 1 atom stereocenters. The number of fused-ring (bicyclic) bond motifs is 1. The summed E-state index contributed by atoms with van der Waals surface area (Å²) in [5, 5.41) is 10.2. The Morgan fingerprint density at radius 2 is 2.30 bits per heavy atom. The lowest BCUT2D eigenvalue weighted by Crippen LogP contribution is -2.29. The summed E-state index contributed by atoms with van der Waals surface area (Å²) in [6.07, 6.45) is 6.06. The van der Waals surface area contributed by atoms with Gasteiger partial charge in [0.15, 0.2) is 5.65 Å². The maximum atomic E-state index is 6.49. The number of hydrogen-bond donors (Lipinski definition) is 3. The van der Waals surface area contributed by atoms with Gasteiger partial charge in [-0.15, -0.1) is 0 Å². The molecule has 4 heterocycles. The van der Waals surface area contributed by atoms with E-state index >= 15 is 0 Å². The van der Waals surface area contributed by atoms with E-state index in [4.69, 9.17) is 22.3 Å². The maximum Gasteiger partial charge on any atom is 0.165 e. The molecule has 2 aliphatic heterocycles. The summed E-state index contributed by atoms with van der Waals surface area (Å²) in [4.78, 5) is 4.85. The molecular weight excluding hydrogens is 314 g/mol. The van der Waals surface area contributed by atoms with Gasteiger partial charge in [-0.3, -0.25) is 0 Å². The van der Waals surface area contributed by atoms with Crippen LogP contribution in [-0.4, -0.2) is 46.3 Å². The van der Waals surface area contributed by atoms with Crippen LogP contribution < -0.4 is 16.5 Å². The summed E-state index contributed by atoms with van der Waals surface area (Å²) in [6, 6.07) is 0. The van der Waals surface area contributed by atoms with Crippen molar-refractivity contribution in [2.45, 2.75) is 18.8 Å². The number of nitrogen functional groups attached to an aromatic ring is 1. The van der Waals surface area contributed by atoms with E-state index in [1.54, 1.807) is 4.52 Å². The summed E-state index contributed by atoms with van der Waals surface area (Å²) < 4.78 is 1.64. The standard InChI is InChI=1S/C15H20ClN7/c1-22-8-10(6-19-22)11-7-20-23-14(17)12(16)13(21-15(11)23)9-3-2-4-18-5-9/h7-9,18-19H,2-6,17H2,1H3. The predicted octanol–water partition coefficient (Wildman–Crippen LogP) is 1.22. The highest BCUT2D eigenvalue weighted by Crippen LogP contribution is 2.34. The summed E-state index contributed by atoms with van der Waals surface area (Å²) in [7, 11) is 1.97. The third-order valence-electron chi connectivity index (χ3n) is 4.55. The normalized spacial score (nSPS) is 21.9. The SMILES string of the molecule is CN1C=C(c2cnn3c(N)c(Cl)c(C4CCCNC4)nc23)CN1. The fraction of sp³-hybridized carbons (Fsp3) is 0.467. The first-order valence-electron chi connectivity index (χ1n) is 7.86. The van der Waals surface area contributed by atoms with Crippen molar-refractivity contribution in [1.82, 2.24) is 30.3 Å². The van der Waals surface area contributed by atoms with Crippen LogP contribution in [0.5, 0.6) is 0 Å². The molecule has 2 aromatic heterocycles. The van der Waals surface area contributed by atoms with Gasteiger partial charge in [-0.25, -0.2) is 10.4 Å². The molecule has 8 heteroatoms. The molecule has 2 aliphatic rings. The molecule has 1 fully saturated rings. The Morgan fingerprint density at radius 1 is 1.43 bits per heavy atom. The van der Waals surface area contributed by atoms with E-state index < -0.39 is 0 Å². The van der Waals surface area contributed by atoms with Crippen molar-refractivity contribution in [2.75, 3.05) is 32.4 Å². The first kappa shape index (κ1) is 14.7. The zero-order valence-electron chi connectivity index (χ0n) is 13.0. The minimum Gasteiger partial charge on any atom is -0.382 e. The number of nitrogens with two attached hydrogens (primary N) is 1. The Labute approximate surface area is 139 Å². The topological polar surface area (TPSA) is 83.5 Å². The summed E-state index contributed by atoms with van der Waals surface area (Å²) in [6.45, 7) is 2.69. The highest BCUT2D eigenvalue weighted by Gasteiger charge is 2.25. The molecule has 0 spiro atoms. The van der Waals surface area contributed by atoms with Crippen LogP contribution in [0, 0.1) is 0 Å². The summed E-state index contributed by atoms with van der Waals surface area (Å²) in [5.74, 6) is 0.757. The Morgan fingerprint density at radius 3 is 3.00 bits per heavy atom. The van der Waals surface area contributed by atoms with Crippen molar-refractivity contribution in [3.63, 3.8) is 0 Å². The van der Waals surface area contributed by atoms with Crippen LogP contribution in [0.3, 0.4) is 0 Å².